The number of nitrogens with one attached hydrogen (secondary N) is 1. The molecular weight excluding hydrogens is 284 g/mol. The Kier molecular flexibility index (Phi) is 8.43. The summed E-state index contributed by atoms with van der Waals surface area (Å²) >= 11 is 0. The zero-order chi connectivity index (χ0) is 13.6. The third kappa shape index (κ3) is 4.53. The van der Waals surface area contributed by atoms with E-state index in [1.807, 2.05) is 31.2 Å². The van der Waals surface area contributed by atoms with Gasteiger partial charge in [0.05, 0.1) is 6.17 Å². The molecule has 0 aliphatic heterocycles. The monoisotopic (exact) mass is 306 g/mol. The molecule has 7 heteroatoms. The predicted molar refractivity (Wildman–Crippen MR) is 80.6 cm³/mol. The zero-order valence-corrected chi connectivity index (χ0v) is 13.6. The van der Waals surface area contributed by atoms with Gasteiger partial charge in [0.25, 0.3) is 0 Å². The van der Waals surface area contributed by atoms with Crippen LogP contribution in [0.1, 0.15) is 12.5 Å². The van der Waals surface area contributed by atoms with Crippen LogP contribution < -0.4 is 16.2 Å². The predicted octanol–water partition coefficient (Wildman–Crippen LogP) is 0.588. The maximum absolute atomic E-state index is 5.70. The average molecular weight is 307 g/mol. The standard InChI is InChI=1S/C12H22N2O3Si.ClH/c1-10(13)14-9-11-7-5-6-8-12(11)18(15-2,16-3)17-4;/h5-8,10,14H,9,13H2,1-4H3;1H. The van der Waals surface area contributed by atoms with Gasteiger partial charge < -0.3 is 19.0 Å². The maximum Gasteiger partial charge on any atom is 0.536 e. The molecule has 1 aromatic rings. The zero-order valence-electron chi connectivity index (χ0n) is 11.8. The summed E-state index contributed by atoms with van der Waals surface area (Å²) in [4.78, 5) is 0. The second-order valence-corrected chi connectivity index (χ2v) is 6.87. The van der Waals surface area contributed by atoms with Gasteiger partial charge in [0.15, 0.2) is 0 Å². The maximum atomic E-state index is 5.70. The molecule has 0 bridgehead atoms. The molecule has 110 valence electrons. The highest BCUT2D eigenvalue weighted by Gasteiger charge is 2.42. The van der Waals surface area contributed by atoms with Crippen LogP contribution in [0.25, 0.3) is 0 Å². The Hall–Kier alpha value is -0.473. The van der Waals surface area contributed by atoms with E-state index in [-0.39, 0.29) is 18.6 Å². The van der Waals surface area contributed by atoms with Crippen LogP contribution in [-0.2, 0) is 19.8 Å². The molecule has 0 heterocycles. The number of benzene rings is 1. The summed E-state index contributed by atoms with van der Waals surface area (Å²) in [5, 5.41) is 4.14. The fourth-order valence-electron chi connectivity index (χ4n) is 1.82. The van der Waals surface area contributed by atoms with Crippen molar-refractivity contribution in [1.82, 2.24) is 5.32 Å². The van der Waals surface area contributed by atoms with Gasteiger partial charge in [0, 0.05) is 33.1 Å². The Bertz CT molecular complexity index is 367. The number of hydrogen-bond acceptors (Lipinski definition) is 5. The second kappa shape index (κ2) is 8.65. The highest BCUT2D eigenvalue weighted by molar-refractivity contribution is 6.75. The van der Waals surface area contributed by atoms with Crippen LogP contribution in [0.4, 0.5) is 0 Å². The minimum absolute atomic E-state index is 0. The van der Waals surface area contributed by atoms with Gasteiger partial charge in [-0.25, -0.2) is 0 Å². The van der Waals surface area contributed by atoms with Crippen LogP contribution in [-0.4, -0.2) is 36.3 Å². The topological polar surface area (TPSA) is 65.7 Å². The van der Waals surface area contributed by atoms with Crippen LogP contribution >= 0.6 is 12.4 Å². The fraction of sp³-hybridized carbons (Fsp3) is 0.500. The van der Waals surface area contributed by atoms with Crippen molar-refractivity contribution in [3.8, 4) is 0 Å². The number of nitrogens with two attached hydrogens (primary N) is 1. The van der Waals surface area contributed by atoms with Gasteiger partial charge in [-0.2, -0.15) is 0 Å². The summed E-state index contributed by atoms with van der Waals surface area (Å²) in [6.07, 6.45) is -0.0678. The summed E-state index contributed by atoms with van der Waals surface area (Å²) in [5.41, 5.74) is 6.78. The molecule has 0 aromatic heterocycles. The third-order valence-corrected chi connectivity index (χ3v) is 5.53. The van der Waals surface area contributed by atoms with Gasteiger partial charge in [-0.3, -0.25) is 5.32 Å². The van der Waals surface area contributed by atoms with Crippen molar-refractivity contribution in [3.63, 3.8) is 0 Å². The molecule has 0 saturated heterocycles. The lowest BCUT2D eigenvalue weighted by atomic mass is 10.2. The first kappa shape index (κ1) is 18.5. The van der Waals surface area contributed by atoms with Crippen molar-refractivity contribution < 1.29 is 13.3 Å². The van der Waals surface area contributed by atoms with E-state index < -0.39 is 8.80 Å². The van der Waals surface area contributed by atoms with Gasteiger partial charge in [-0.05, 0) is 12.5 Å². The normalized spacial score (nSPS) is 12.9. The van der Waals surface area contributed by atoms with Crippen LogP contribution in [0, 0.1) is 0 Å². The molecule has 0 fully saturated rings. The minimum atomic E-state index is -2.79. The van der Waals surface area contributed by atoms with E-state index in [1.165, 1.54) is 0 Å². The van der Waals surface area contributed by atoms with E-state index in [0.717, 1.165) is 10.8 Å². The molecule has 3 N–H and O–H groups in total. The van der Waals surface area contributed by atoms with Gasteiger partial charge in [-0.15, -0.1) is 12.4 Å². The van der Waals surface area contributed by atoms with E-state index >= 15 is 0 Å². The van der Waals surface area contributed by atoms with Crippen LogP contribution in [0.3, 0.4) is 0 Å². The molecule has 0 amide bonds. The van der Waals surface area contributed by atoms with E-state index in [9.17, 15) is 0 Å². The van der Waals surface area contributed by atoms with Gasteiger partial charge >= 0.3 is 8.80 Å². The van der Waals surface area contributed by atoms with Crippen molar-refractivity contribution in [2.75, 3.05) is 21.3 Å². The molecule has 1 unspecified atom stereocenters. The molecule has 1 rings (SSSR count). The highest BCUT2D eigenvalue weighted by atomic mass is 35.5. The Balaban J connectivity index is 0.00000324. The summed E-state index contributed by atoms with van der Waals surface area (Å²) in [6, 6.07) is 7.91. The Morgan fingerprint density at radius 1 is 1.16 bits per heavy atom. The lowest BCUT2D eigenvalue weighted by molar-refractivity contribution is 0.140. The molecule has 0 radical (unpaired) electrons. The molecule has 0 aliphatic rings. The van der Waals surface area contributed by atoms with Crippen LogP contribution in [0.2, 0.25) is 0 Å². The first-order chi connectivity index (χ1) is 8.59. The van der Waals surface area contributed by atoms with E-state index in [0.29, 0.717) is 6.54 Å². The lowest BCUT2D eigenvalue weighted by Gasteiger charge is -2.27. The average Bonchev–Trinajstić information content (AvgIpc) is 2.40. The SMILES string of the molecule is CO[Si](OC)(OC)c1ccccc1CNC(C)N.Cl. The van der Waals surface area contributed by atoms with Crippen molar-refractivity contribution in [3.05, 3.63) is 29.8 Å². The van der Waals surface area contributed by atoms with E-state index in [4.69, 9.17) is 19.0 Å². The van der Waals surface area contributed by atoms with Crippen LogP contribution in [0.5, 0.6) is 0 Å². The lowest BCUT2D eigenvalue weighted by Crippen LogP contribution is -2.56. The molecule has 0 aliphatic carbocycles. The van der Waals surface area contributed by atoms with E-state index in [1.54, 1.807) is 21.3 Å². The van der Waals surface area contributed by atoms with Crippen molar-refractivity contribution in [2.24, 2.45) is 5.73 Å². The molecular formula is C12H23ClN2O3Si. The molecule has 0 saturated carbocycles. The Morgan fingerprint density at radius 2 is 1.68 bits per heavy atom. The molecule has 19 heavy (non-hydrogen) atoms. The van der Waals surface area contributed by atoms with E-state index in [2.05, 4.69) is 5.32 Å². The van der Waals surface area contributed by atoms with Gasteiger partial charge in [-0.1, -0.05) is 24.3 Å². The third-order valence-electron chi connectivity index (χ3n) is 2.77. The van der Waals surface area contributed by atoms with Crippen molar-refractivity contribution in [1.29, 1.82) is 0 Å². The largest absolute Gasteiger partial charge is 0.536 e. The van der Waals surface area contributed by atoms with Crippen molar-refractivity contribution in [2.45, 2.75) is 19.6 Å². The molecule has 1 aromatic carbocycles. The number of rotatable bonds is 7. The molecule has 5 nitrogen and oxygen atoms in total. The minimum Gasteiger partial charge on any atom is -0.373 e. The molecule has 1 atom stereocenters. The first-order valence-electron chi connectivity index (χ1n) is 5.82. The summed E-state index contributed by atoms with van der Waals surface area (Å²) in [7, 11) is 2.03. The summed E-state index contributed by atoms with van der Waals surface area (Å²) < 4.78 is 16.5. The Morgan fingerprint density at radius 3 is 2.16 bits per heavy atom. The van der Waals surface area contributed by atoms with Gasteiger partial charge in [0.2, 0.25) is 0 Å². The summed E-state index contributed by atoms with van der Waals surface area (Å²) in [6.45, 7) is 2.55. The summed E-state index contributed by atoms with van der Waals surface area (Å²) in [5.74, 6) is 0. The van der Waals surface area contributed by atoms with Crippen molar-refractivity contribution >= 4 is 26.4 Å². The molecule has 0 spiro atoms. The van der Waals surface area contributed by atoms with Crippen LogP contribution in [0.15, 0.2) is 24.3 Å². The second-order valence-electron chi connectivity index (χ2n) is 4.00. The Labute approximate surface area is 122 Å². The smallest absolute Gasteiger partial charge is 0.373 e. The van der Waals surface area contributed by atoms with Gasteiger partial charge in [0.1, 0.15) is 0 Å². The highest BCUT2D eigenvalue weighted by Crippen LogP contribution is 2.10. The number of hydrogen-bond donors (Lipinski definition) is 2. The quantitative estimate of drug-likeness (QED) is 0.570. The fourth-order valence-corrected chi connectivity index (χ4v) is 3.85. The first-order valence-corrected chi connectivity index (χ1v) is 7.55. The number of halogens is 1.